The first-order valence-electron chi connectivity index (χ1n) is 11.3. The number of carbonyl (C=O) groups excluding carboxylic acids is 1. The summed E-state index contributed by atoms with van der Waals surface area (Å²) >= 11 is 0. The van der Waals surface area contributed by atoms with Gasteiger partial charge in [-0.3, -0.25) is 5.32 Å². The molecule has 1 unspecified atom stereocenters. The molecule has 2 aromatic rings. The fourth-order valence-electron chi connectivity index (χ4n) is 4.55. The van der Waals surface area contributed by atoms with Gasteiger partial charge in [0.05, 0.1) is 11.7 Å². The van der Waals surface area contributed by atoms with E-state index in [-0.39, 0.29) is 18.0 Å². The summed E-state index contributed by atoms with van der Waals surface area (Å²) in [5.74, 6) is 0.530. The lowest BCUT2D eigenvalue weighted by molar-refractivity contribution is 0.130. The Bertz CT molecular complexity index is 1270. The first-order chi connectivity index (χ1) is 16.2. The first kappa shape index (κ1) is 23.8. The van der Waals surface area contributed by atoms with Gasteiger partial charge in [0.15, 0.2) is 15.8 Å². The number of ether oxygens (including phenoxy) is 2. The fraction of sp³-hybridized carbons (Fsp3) is 0.385. The number of benzene rings is 2. The van der Waals surface area contributed by atoms with E-state index >= 15 is 0 Å². The Hall–Kier alpha value is -3.31. The van der Waals surface area contributed by atoms with Crippen LogP contribution in [0.4, 0.5) is 10.5 Å². The number of anilines is 1. The van der Waals surface area contributed by atoms with Crippen molar-refractivity contribution in [1.82, 2.24) is 0 Å². The standard InChI is InChI=1S/C26H28N2O5S/c1-16(2)33-26(29)28-19-9-7-18(8-10-19)25-23(14-27)21-12-11-20(32-15-34(3,30)31)13-22(21)24(25)17-5-4-6-17/h7-13,16-17,24H,4-6,15H2,1-3H3,(H,28,29). The van der Waals surface area contributed by atoms with Gasteiger partial charge < -0.3 is 9.47 Å². The molecule has 2 aromatic carbocycles. The van der Waals surface area contributed by atoms with Crippen LogP contribution in [0.15, 0.2) is 42.5 Å². The van der Waals surface area contributed by atoms with Gasteiger partial charge >= 0.3 is 6.09 Å². The van der Waals surface area contributed by atoms with Crippen LogP contribution in [0.5, 0.6) is 5.75 Å². The van der Waals surface area contributed by atoms with Crippen molar-refractivity contribution < 1.29 is 22.7 Å². The number of amides is 1. The molecular weight excluding hydrogens is 452 g/mol. The Balaban J connectivity index is 1.66. The fourth-order valence-corrected chi connectivity index (χ4v) is 4.90. The molecule has 4 rings (SSSR count). The predicted octanol–water partition coefficient (Wildman–Crippen LogP) is 5.36. The Kier molecular flexibility index (Phi) is 6.67. The molecule has 34 heavy (non-hydrogen) atoms. The van der Waals surface area contributed by atoms with Crippen LogP contribution < -0.4 is 10.1 Å². The van der Waals surface area contributed by atoms with E-state index in [1.165, 1.54) is 0 Å². The smallest absolute Gasteiger partial charge is 0.411 e. The van der Waals surface area contributed by atoms with Crippen molar-refractivity contribution >= 4 is 32.8 Å². The average molecular weight is 481 g/mol. The molecule has 0 radical (unpaired) electrons. The third kappa shape index (κ3) is 5.10. The Labute approximate surface area is 200 Å². The first-order valence-corrected chi connectivity index (χ1v) is 13.4. The Morgan fingerprint density at radius 3 is 2.44 bits per heavy atom. The monoisotopic (exact) mass is 480 g/mol. The number of nitriles is 1. The van der Waals surface area contributed by atoms with Gasteiger partial charge in [0.2, 0.25) is 0 Å². The van der Waals surface area contributed by atoms with Crippen LogP contribution >= 0.6 is 0 Å². The van der Waals surface area contributed by atoms with Crippen molar-refractivity contribution in [2.24, 2.45) is 5.92 Å². The van der Waals surface area contributed by atoms with Gasteiger partial charge in [-0.2, -0.15) is 5.26 Å². The third-order valence-electron chi connectivity index (χ3n) is 6.17. The molecule has 1 N–H and O–H groups in total. The summed E-state index contributed by atoms with van der Waals surface area (Å²) < 4.78 is 33.7. The number of carbonyl (C=O) groups is 1. The molecule has 0 bridgehead atoms. The van der Waals surface area contributed by atoms with E-state index in [0.29, 0.717) is 22.9 Å². The van der Waals surface area contributed by atoms with Crippen LogP contribution in [0.1, 0.15) is 55.7 Å². The number of hydrogen-bond acceptors (Lipinski definition) is 6. The molecule has 0 aromatic heterocycles. The van der Waals surface area contributed by atoms with Crippen molar-refractivity contribution in [3.8, 4) is 11.8 Å². The number of nitrogens with zero attached hydrogens (tertiary/aromatic N) is 1. The van der Waals surface area contributed by atoms with E-state index in [4.69, 9.17) is 9.47 Å². The highest BCUT2D eigenvalue weighted by atomic mass is 32.2. The molecule has 1 amide bonds. The summed E-state index contributed by atoms with van der Waals surface area (Å²) in [7, 11) is -3.27. The molecule has 8 heteroatoms. The lowest BCUT2D eigenvalue weighted by Crippen LogP contribution is -2.20. The second-order valence-corrected chi connectivity index (χ2v) is 11.2. The topological polar surface area (TPSA) is 105 Å². The minimum Gasteiger partial charge on any atom is -0.478 e. The molecule has 7 nitrogen and oxygen atoms in total. The number of nitrogens with one attached hydrogen (secondary N) is 1. The minimum absolute atomic E-state index is 0.0323. The number of sulfone groups is 1. The predicted molar refractivity (Wildman–Crippen MR) is 131 cm³/mol. The SMILES string of the molecule is CC(C)OC(=O)Nc1ccc(C2=C(C#N)c3ccc(OCS(C)(=O)=O)cc3C2C2CCC2)cc1. The summed E-state index contributed by atoms with van der Waals surface area (Å²) in [4.78, 5) is 11.9. The van der Waals surface area contributed by atoms with Crippen LogP contribution in [0, 0.1) is 17.2 Å². The summed E-state index contributed by atoms with van der Waals surface area (Å²) in [6.07, 6.45) is 3.70. The summed E-state index contributed by atoms with van der Waals surface area (Å²) in [6, 6.07) is 15.3. The summed E-state index contributed by atoms with van der Waals surface area (Å²) in [6.45, 7) is 3.57. The van der Waals surface area contributed by atoms with Crippen LogP contribution in [-0.2, 0) is 14.6 Å². The molecule has 0 heterocycles. The largest absolute Gasteiger partial charge is 0.478 e. The molecule has 2 aliphatic carbocycles. The molecule has 0 saturated heterocycles. The van der Waals surface area contributed by atoms with Crippen molar-refractivity contribution in [1.29, 1.82) is 5.26 Å². The van der Waals surface area contributed by atoms with Crippen molar-refractivity contribution in [3.05, 3.63) is 59.2 Å². The normalized spacial score (nSPS) is 17.7. The lowest BCUT2D eigenvalue weighted by atomic mass is 9.70. The molecule has 0 spiro atoms. The summed E-state index contributed by atoms with van der Waals surface area (Å²) in [5, 5.41) is 12.8. The maximum absolute atomic E-state index is 11.9. The quantitative estimate of drug-likeness (QED) is 0.572. The van der Waals surface area contributed by atoms with E-state index < -0.39 is 15.9 Å². The Morgan fingerprint density at radius 2 is 1.88 bits per heavy atom. The molecule has 178 valence electrons. The van der Waals surface area contributed by atoms with Gasteiger partial charge in [0.25, 0.3) is 0 Å². The van der Waals surface area contributed by atoms with Crippen LogP contribution in [0.25, 0.3) is 11.1 Å². The molecule has 1 atom stereocenters. The van der Waals surface area contributed by atoms with Crippen molar-refractivity contribution in [2.45, 2.75) is 45.1 Å². The highest BCUT2D eigenvalue weighted by Gasteiger charge is 2.40. The van der Waals surface area contributed by atoms with Crippen LogP contribution in [-0.4, -0.2) is 32.8 Å². The maximum atomic E-state index is 11.9. The molecule has 1 fully saturated rings. The number of allylic oxidation sites excluding steroid dienone is 2. The van der Waals surface area contributed by atoms with E-state index in [1.807, 2.05) is 24.3 Å². The summed E-state index contributed by atoms with van der Waals surface area (Å²) in [5.41, 5.74) is 5.00. The third-order valence-corrected chi connectivity index (χ3v) is 6.71. The minimum atomic E-state index is -3.27. The van der Waals surface area contributed by atoms with Crippen LogP contribution in [0.3, 0.4) is 0 Å². The van der Waals surface area contributed by atoms with Crippen molar-refractivity contribution in [2.75, 3.05) is 17.5 Å². The van der Waals surface area contributed by atoms with Crippen molar-refractivity contribution in [3.63, 3.8) is 0 Å². The zero-order chi connectivity index (χ0) is 24.5. The van der Waals surface area contributed by atoms with Gasteiger partial charge in [-0.15, -0.1) is 0 Å². The zero-order valence-corrected chi connectivity index (χ0v) is 20.3. The average Bonchev–Trinajstić information content (AvgIpc) is 3.04. The van der Waals surface area contributed by atoms with E-state index in [9.17, 15) is 18.5 Å². The van der Waals surface area contributed by atoms with Crippen LogP contribution in [0.2, 0.25) is 0 Å². The highest BCUT2D eigenvalue weighted by Crippen LogP contribution is 2.55. The number of rotatable bonds is 7. The van der Waals surface area contributed by atoms with Gasteiger partial charge in [-0.1, -0.05) is 18.6 Å². The Morgan fingerprint density at radius 1 is 1.18 bits per heavy atom. The maximum Gasteiger partial charge on any atom is 0.411 e. The molecule has 0 aliphatic heterocycles. The lowest BCUT2D eigenvalue weighted by Gasteiger charge is -2.34. The number of fused-ring (bicyclic) bond motifs is 1. The second kappa shape index (κ2) is 9.51. The molecule has 2 aliphatic rings. The molecular formula is C26H28N2O5S. The van der Waals surface area contributed by atoms with Gasteiger partial charge in [0.1, 0.15) is 11.8 Å². The van der Waals surface area contributed by atoms with E-state index in [2.05, 4.69) is 11.4 Å². The highest BCUT2D eigenvalue weighted by molar-refractivity contribution is 7.90. The molecule has 1 saturated carbocycles. The number of hydrogen-bond donors (Lipinski definition) is 1. The van der Waals surface area contributed by atoms with Gasteiger partial charge in [-0.25, -0.2) is 13.2 Å². The second-order valence-electron chi connectivity index (χ2n) is 9.16. The van der Waals surface area contributed by atoms with E-state index in [1.54, 1.807) is 32.0 Å². The van der Waals surface area contributed by atoms with Gasteiger partial charge in [-0.05, 0) is 85.2 Å². The van der Waals surface area contributed by atoms with E-state index in [0.717, 1.165) is 47.8 Å². The van der Waals surface area contributed by atoms with Gasteiger partial charge in [0, 0.05) is 17.9 Å². The zero-order valence-electron chi connectivity index (χ0n) is 19.5.